The van der Waals surface area contributed by atoms with Gasteiger partial charge in [-0.3, -0.25) is 4.79 Å². The van der Waals surface area contributed by atoms with Crippen molar-refractivity contribution in [1.29, 1.82) is 0 Å². The van der Waals surface area contributed by atoms with Gasteiger partial charge in [-0.1, -0.05) is 42.5 Å². The monoisotopic (exact) mass is 434 g/mol. The molecule has 2 aliphatic carbocycles. The first-order chi connectivity index (χ1) is 15.5. The number of methoxy groups -OCH3 is 3. The van der Waals surface area contributed by atoms with Crippen LogP contribution in [0.25, 0.3) is 0 Å². The molecule has 3 aliphatic rings. The molecule has 2 fully saturated rings. The summed E-state index contributed by atoms with van der Waals surface area (Å²) in [6.45, 7) is 0. The molecule has 0 aromatic heterocycles. The summed E-state index contributed by atoms with van der Waals surface area (Å²) in [5.41, 5.74) is -1.05. The lowest BCUT2D eigenvalue weighted by atomic mass is 9.70. The van der Waals surface area contributed by atoms with Crippen molar-refractivity contribution in [3.05, 3.63) is 88.9 Å². The molecule has 1 saturated heterocycles. The van der Waals surface area contributed by atoms with Crippen molar-refractivity contribution in [2.75, 3.05) is 21.3 Å². The van der Waals surface area contributed by atoms with Gasteiger partial charge in [0, 0.05) is 30.4 Å². The highest BCUT2D eigenvalue weighted by molar-refractivity contribution is 5.98. The van der Waals surface area contributed by atoms with Crippen molar-refractivity contribution in [2.24, 2.45) is 0 Å². The summed E-state index contributed by atoms with van der Waals surface area (Å²) in [6, 6.07) is 17.1. The van der Waals surface area contributed by atoms with Gasteiger partial charge in [-0.25, -0.2) is 0 Å². The minimum atomic E-state index is -1.87. The molecule has 5 rings (SSSR count). The molecule has 1 aliphatic heterocycles. The number of ketones is 1. The van der Waals surface area contributed by atoms with Gasteiger partial charge in [0.05, 0.1) is 27.4 Å². The van der Waals surface area contributed by atoms with Crippen molar-refractivity contribution >= 4 is 5.78 Å². The third-order valence-corrected chi connectivity index (χ3v) is 7.01. The fraction of sp³-hybridized carbons (Fsp3) is 0.346. The number of Topliss-reactive ketones (excluding diaryl/α,β-unsaturated/α-hetero) is 1. The van der Waals surface area contributed by atoms with Gasteiger partial charge in [0.2, 0.25) is 0 Å². The van der Waals surface area contributed by atoms with Gasteiger partial charge in [-0.2, -0.15) is 0 Å². The lowest BCUT2D eigenvalue weighted by Gasteiger charge is -2.39. The summed E-state index contributed by atoms with van der Waals surface area (Å²) in [5.74, 6) is 1.12. The molecule has 1 saturated carbocycles. The second-order valence-electron chi connectivity index (χ2n) is 8.37. The van der Waals surface area contributed by atoms with Gasteiger partial charge in [-0.15, -0.1) is 0 Å². The van der Waals surface area contributed by atoms with Crippen molar-refractivity contribution in [3.63, 3.8) is 0 Å². The molecular formula is C26H26O6. The van der Waals surface area contributed by atoms with Gasteiger partial charge >= 0.3 is 0 Å². The molecular weight excluding hydrogens is 408 g/mol. The Balaban J connectivity index is 1.78. The number of hydrogen-bond donors (Lipinski definition) is 1. The third-order valence-electron chi connectivity index (χ3n) is 7.01. The summed E-state index contributed by atoms with van der Waals surface area (Å²) in [7, 11) is 4.72. The number of aliphatic hydroxyl groups is 1. The van der Waals surface area contributed by atoms with E-state index in [9.17, 15) is 9.90 Å². The predicted molar refractivity (Wildman–Crippen MR) is 117 cm³/mol. The van der Waals surface area contributed by atoms with E-state index in [1.54, 1.807) is 20.3 Å². The lowest BCUT2D eigenvalue weighted by Crippen LogP contribution is -2.51. The topological polar surface area (TPSA) is 74.2 Å². The fourth-order valence-electron chi connectivity index (χ4n) is 5.58. The number of ether oxygens (including phenoxy) is 4. The zero-order valence-electron chi connectivity index (χ0n) is 18.3. The van der Waals surface area contributed by atoms with Crippen molar-refractivity contribution in [1.82, 2.24) is 0 Å². The summed E-state index contributed by atoms with van der Waals surface area (Å²) in [4.78, 5) is 13.6. The molecule has 1 N–H and O–H groups in total. The van der Waals surface area contributed by atoms with Crippen molar-refractivity contribution in [3.8, 4) is 5.75 Å². The summed E-state index contributed by atoms with van der Waals surface area (Å²) in [6.07, 6.45) is 1.75. The summed E-state index contributed by atoms with van der Waals surface area (Å²) < 4.78 is 23.2. The molecule has 2 aromatic carbocycles. The average Bonchev–Trinajstić information content (AvgIpc) is 3.24. The Morgan fingerprint density at radius 2 is 1.66 bits per heavy atom. The van der Waals surface area contributed by atoms with Crippen LogP contribution in [0, 0.1) is 0 Å². The van der Waals surface area contributed by atoms with E-state index in [4.69, 9.17) is 18.9 Å². The number of fused-ring (bicyclic) bond motifs is 3. The third kappa shape index (κ3) is 2.63. The average molecular weight is 434 g/mol. The Morgan fingerprint density at radius 3 is 2.28 bits per heavy atom. The number of carbonyl (C=O) groups excluding carboxylic acids is 1. The predicted octanol–water partition coefficient (Wildman–Crippen LogP) is 3.61. The van der Waals surface area contributed by atoms with Crippen LogP contribution in [0.5, 0.6) is 5.75 Å². The van der Waals surface area contributed by atoms with Gasteiger partial charge in [0.15, 0.2) is 11.4 Å². The van der Waals surface area contributed by atoms with E-state index in [-0.39, 0.29) is 18.1 Å². The van der Waals surface area contributed by atoms with Gasteiger partial charge < -0.3 is 24.1 Å². The minimum absolute atomic E-state index is 0.153. The van der Waals surface area contributed by atoms with E-state index in [2.05, 4.69) is 0 Å². The highest BCUT2D eigenvalue weighted by atomic mass is 16.6. The van der Waals surface area contributed by atoms with Crippen LogP contribution >= 0.6 is 0 Å². The SMILES string of the molecule is COC1=CC(OC)=C2C(C1)OC1(c3ccc(OC)cc3)C(c3ccccc3)CC(=O)C21O. The highest BCUT2D eigenvalue weighted by Crippen LogP contribution is 2.65. The molecule has 1 heterocycles. The standard InChI is InChI=1S/C26H26O6/c1-29-18-11-9-17(10-12-18)26-20(16-7-5-4-6-8-16)15-23(27)25(26,28)24-21(31-3)13-19(30-2)14-22(24)32-26/h4-13,20,22,28H,14-15H2,1-3H3. The van der Waals surface area contributed by atoms with E-state index in [0.29, 0.717) is 29.3 Å². The van der Waals surface area contributed by atoms with Gasteiger partial charge in [-0.05, 0) is 23.3 Å². The first kappa shape index (κ1) is 20.8. The molecule has 6 heteroatoms. The van der Waals surface area contributed by atoms with E-state index in [1.807, 2.05) is 54.6 Å². The summed E-state index contributed by atoms with van der Waals surface area (Å²) >= 11 is 0. The Hall–Kier alpha value is -3.09. The van der Waals surface area contributed by atoms with E-state index < -0.39 is 17.3 Å². The molecule has 0 amide bonds. The molecule has 4 atom stereocenters. The highest BCUT2D eigenvalue weighted by Gasteiger charge is 2.75. The number of carbonyl (C=O) groups is 1. The zero-order valence-corrected chi connectivity index (χ0v) is 18.3. The fourth-order valence-corrected chi connectivity index (χ4v) is 5.58. The number of allylic oxidation sites excluding steroid dienone is 1. The quantitative estimate of drug-likeness (QED) is 0.775. The second kappa shape index (κ2) is 7.50. The Bertz CT molecular complexity index is 1100. The Labute approximate surface area is 187 Å². The van der Waals surface area contributed by atoms with Crippen molar-refractivity contribution in [2.45, 2.75) is 36.1 Å². The lowest BCUT2D eigenvalue weighted by molar-refractivity contribution is -0.150. The molecule has 166 valence electrons. The smallest absolute Gasteiger partial charge is 0.184 e. The van der Waals surface area contributed by atoms with E-state index in [1.165, 1.54) is 7.11 Å². The van der Waals surface area contributed by atoms with Crippen LogP contribution in [0.3, 0.4) is 0 Å². The first-order valence-corrected chi connectivity index (χ1v) is 10.7. The molecule has 2 aromatic rings. The van der Waals surface area contributed by atoms with Crippen molar-refractivity contribution < 1.29 is 28.8 Å². The first-order valence-electron chi connectivity index (χ1n) is 10.7. The molecule has 32 heavy (non-hydrogen) atoms. The van der Waals surface area contributed by atoms with E-state index >= 15 is 0 Å². The molecule has 0 spiro atoms. The van der Waals surface area contributed by atoms with Crippen LogP contribution in [-0.2, 0) is 24.6 Å². The van der Waals surface area contributed by atoms with E-state index in [0.717, 1.165) is 11.1 Å². The number of rotatable bonds is 5. The minimum Gasteiger partial charge on any atom is -0.501 e. The molecule has 0 radical (unpaired) electrons. The Kier molecular flexibility index (Phi) is 4.87. The molecule has 0 bridgehead atoms. The van der Waals surface area contributed by atoms with Crippen LogP contribution in [-0.4, -0.2) is 43.9 Å². The maximum absolute atomic E-state index is 13.6. The largest absolute Gasteiger partial charge is 0.501 e. The number of hydrogen-bond acceptors (Lipinski definition) is 6. The van der Waals surface area contributed by atoms with Crippen LogP contribution < -0.4 is 4.74 Å². The van der Waals surface area contributed by atoms with Crippen LogP contribution in [0.15, 0.2) is 77.8 Å². The van der Waals surface area contributed by atoms with Gasteiger partial charge in [0.25, 0.3) is 0 Å². The van der Waals surface area contributed by atoms with Crippen LogP contribution in [0.2, 0.25) is 0 Å². The second-order valence-corrected chi connectivity index (χ2v) is 8.37. The zero-order chi connectivity index (χ0) is 22.5. The van der Waals surface area contributed by atoms with Gasteiger partial charge in [0.1, 0.15) is 22.9 Å². The Morgan fingerprint density at radius 1 is 0.938 bits per heavy atom. The van der Waals surface area contributed by atoms with Crippen LogP contribution in [0.1, 0.15) is 29.9 Å². The maximum atomic E-state index is 13.6. The molecule has 6 nitrogen and oxygen atoms in total. The number of benzene rings is 2. The maximum Gasteiger partial charge on any atom is 0.184 e. The van der Waals surface area contributed by atoms with Crippen LogP contribution in [0.4, 0.5) is 0 Å². The molecule has 4 unspecified atom stereocenters. The normalized spacial score (nSPS) is 31.1. The summed E-state index contributed by atoms with van der Waals surface area (Å²) in [5, 5.41) is 12.3.